The molecular weight excluding hydrogens is 489 g/mol. The second-order valence-corrected chi connectivity index (χ2v) is 11.4. The normalized spacial score (nSPS) is 21.7. The molecule has 1 spiro atoms. The van der Waals surface area contributed by atoms with Crippen LogP contribution < -0.4 is 4.90 Å². The lowest BCUT2D eigenvalue weighted by Crippen LogP contribution is -2.31. The average Bonchev–Trinajstić information content (AvgIpc) is 3.46. The molecule has 2 aliphatic heterocycles. The van der Waals surface area contributed by atoms with Crippen LogP contribution in [0.25, 0.3) is 10.2 Å². The molecule has 0 bridgehead atoms. The van der Waals surface area contributed by atoms with Crippen molar-refractivity contribution in [1.29, 1.82) is 0 Å². The summed E-state index contributed by atoms with van der Waals surface area (Å²) in [4.78, 5) is 15.5. The van der Waals surface area contributed by atoms with Crippen molar-refractivity contribution >= 4 is 50.7 Å². The predicted octanol–water partition coefficient (Wildman–Crippen LogP) is 6.27. The smallest absolute Gasteiger partial charge is 0.355 e. The van der Waals surface area contributed by atoms with Gasteiger partial charge in [-0.1, -0.05) is 17.7 Å². The Kier molecular flexibility index (Phi) is 6.26. The molecule has 2 fully saturated rings. The Morgan fingerprint density at radius 2 is 1.97 bits per heavy atom. The minimum absolute atomic E-state index is 0.174. The number of halogens is 4. The minimum Gasteiger partial charge on any atom is -0.355 e. The summed E-state index contributed by atoms with van der Waals surface area (Å²) in [5.74, 6) is 0.760. The molecular formula is C23H24ClF3N4S2. The van der Waals surface area contributed by atoms with Crippen LogP contribution >= 0.6 is 34.7 Å². The summed E-state index contributed by atoms with van der Waals surface area (Å²) >= 11 is 9.30. The van der Waals surface area contributed by atoms with Gasteiger partial charge < -0.3 is 4.90 Å². The van der Waals surface area contributed by atoms with Crippen molar-refractivity contribution in [3.63, 3.8) is 0 Å². The van der Waals surface area contributed by atoms with Gasteiger partial charge in [0.2, 0.25) is 0 Å². The first-order valence-electron chi connectivity index (χ1n) is 10.8. The molecule has 5 rings (SSSR count). The zero-order valence-electron chi connectivity index (χ0n) is 18.2. The fraction of sp³-hybridized carbons (Fsp3) is 0.478. The lowest BCUT2D eigenvalue weighted by molar-refractivity contribution is -0.126. The maximum absolute atomic E-state index is 12.9. The number of thiophene rings is 1. The average molecular weight is 513 g/mol. The van der Waals surface area contributed by atoms with E-state index in [0.717, 1.165) is 83.6 Å². The molecule has 2 saturated heterocycles. The molecule has 176 valence electrons. The van der Waals surface area contributed by atoms with Crippen LogP contribution in [0.15, 0.2) is 35.5 Å². The number of hydrogen-bond acceptors (Lipinski definition) is 6. The van der Waals surface area contributed by atoms with Gasteiger partial charge in [0.05, 0.1) is 11.8 Å². The first-order chi connectivity index (χ1) is 15.7. The lowest BCUT2D eigenvalue weighted by Gasteiger charge is -2.25. The van der Waals surface area contributed by atoms with Gasteiger partial charge in [0.1, 0.15) is 17.0 Å². The van der Waals surface area contributed by atoms with Crippen LogP contribution in [0.1, 0.15) is 23.3 Å². The standard InChI is InChI=1S/C23H24ClF3N4S2/c1-32-16-3-2-15(19(24)9-16)11-30-6-4-22(12-30)5-7-31(13-22)20-18-8-17(10-23(25,26)27)33-21(18)29-14-28-20/h2-3,8-9,14H,4-7,10-13H2,1H3. The van der Waals surface area contributed by atoms with E-state index in [2.05, 4.69) is 31.9 Å². The van der Waals surface area contributed by atoms with Crippen molar-refractivity contribution in [3.8, 4) is 0 Å². The molecule has 3 aromatic rings. The van der Waals surface area contributed by atoms with E-state index in [-0.39, 0.29) is 10.3 Å². The molecule has 2 aromatic heterocycles. The third-order valence-corrected chi connectivity index (χ3v) is 8.76. The zero-order chi connectivity index (χ0) is 23.2. The Morgan fingerprint density at radius 1 is 1.15 bits per heavy atom. The lowest BCUT2D eigenvalue weighted by atomic mass is 9.86. The van der Waals surface area contributed by atoms with Gasteiger partial charge in [0.15, 0.2) is 0 Å². The van der Waals surface area contributed by atoms with Crippen molar-refractivity contribution in [3.05, 3.63) is 46.1 Å². The molecule has 0 N–H and O–H groups in total. The van der Waals surface area contributed by atoms with Crippen molar-refractivity contribution in [1.82, 2.24) is 14.9 Å². The number of fused-ring (bicyclic) bond motifs is 1. The number of nitrogens with zero attached hydrogens (tertiary/aromatic N) is 4. The molecule has 1 aromatic carbocycles. The van der Waals surface area contributed by atoms with Crippen molar-refractivity contribution in [2.24, 2.45) is 5.41 Å². The Hall–Kier alpha value is -1.55. The van der Waals surface area contributed by atoms with E-state index in [4.69, 9.17) is 11.6 Å². The van der Waals surface area contributed by atoms with E-state index < -0.39 is 12.6 Å². The second-order valence-electron chi connectivity index (χ2n) is 9.01. The quantitative estimate of drug-likeness (QED) is 0.376. The van der Waals surface area contributed by atoms with Crippen LogP contribution in [0, 0.1) is 5.41 Å². The summed E-state index contributed by atoms with van der Waals surface area (Å²) in [7, 11) is 0. The summed E-state index contributed by atoms with van der Waals surface area (Å²) in [6.07, 6.45) is 0.511. The SMILES string of the molecule is CSc1ccc(CN2CCC3(CCN(c4ncnc5sc(CC(F)(F)F)cc45)C3)C2)c(Cl)c1. The van der Waals surface area contributed by atoms with Gasteiger partial charge in [-0.2, -0.15) is 13.2 Å². The maximum Gasteiger partial charge on any atom is 0.393 e. The number of likely N-dealkylation sites (tertiary alicyclic amines) is 1. The van der Waals surface area contributed by atoms with Gasteiger partial charge in [0.25, 0.3) is 0 Å². The van der Waals surface area contributed by atoms with Crippen molar-refractivity contribution in [2.45, 2.75) is 36.9 Å². The molecule has 1 unspecified atom stereocenters. The molecule has 33 heavy (non-hydrogen) atoms. The number of anilines is 1. The van der Waals surface area contributed by atoms with Gasteiger partial charge in [0, 0.05) is 46.4 Å². The summed E-state index contributed by atoms with van der Waals surface area (Å²) in [6, 6.07) is 7.88. The molecule has 0 saturated carbocycles. The van der Waals surface area contributed by atoms with Crippen LogP contribution in [0.4, 0.5) is 19.0 Å². The molecule has 2 aliphatic rings. The van der Waals surface area contributed by atoms with E-state index in [1.54, 1.807) is 17.8 Å². The third-order valence-electron chi connectivity index (χ3n) is 6.64. The van der Waals surface area contributed by atoms with Crippen LogP contribution in [0.5, 0.6) is 0 Å². The number of alkyl halides is 3. The highest BCUT2D eigenvalue weighted by atomic mass is 35.5. The monoisotopic (exact) mass is 512 g/mol. The molecule has 10 heteroatoms. The van der Waals surface area contributed by atoms with Crippen molar-refractivity contribution < 1.29 is 13.2 Å². The zero-order valence-corrected chi connectivity index (χ0v) is 20.5. The Labute approximate surface area is 204 Å². The number of benzene rings is 1. The number of aromatic nitrogens is 2. The van der Waals surface area contributed by atoms with Gasteiger partial charge in [-0.15, -0.1) is 23.1 Å². The van der Waals surface area contributed by atoms with E-state index >= 15 is 0 Å². The largest absolute Gasteiger partial charge is 0.393 e. The van der Waals surface area contributed by atoms with Gasteiger partial charge >= 0.3 is 6.18 Å². The molecule has 1 atom stereocenters. The highest BCUT2D eigenvalue weighted by molar-refractivity contribution is 7.98. The number of rotatable bonds is 5. The van der Waals surface area contributed by atoms with Crippen LogP contribution in [0.2, 0.25) is 5.02 Å². The fourth-order valence-electron chi connectivity index (χ4n) is 5.07. The predicted molar refractivity (Wildman–Crippen MR) is 130 cm³/mol. The van der Waals surface area contributed by atoms with E-state index in [0.29, 0.717) is 4.83 Å². The van der Waals surface area contributed by atoms with Crippen molar-refractivity contribution in [2.75, 3.05) is 37.3 Å². The highest BCUT2D eigenvalue weighted by Gasteiger charge is 2.44. The van der Waals surface area contributed by atoms with Crippen LogP contribution in [-0.4, -0.2) is 53.5 Å². The first kappa shape index (κ1) is 23.2. The minimum atomic E-state index is -4.22. The van der Waals surface area contributed by atoms with Gasteiger partial charge in [-0.25, -0.2) is 9.97 Å². The Balaban J connectivity index is 1.29. The number of thioether (sulfide) groups is 1. The summed E-state index contributed by atoms with van der Waals surface area (Å²) in [5.41, 5.74) is 1.32. The van der Waals surface area contributed by atoms with Gasteiger partial charge in [-0.3, -0.25) is 4.90 Å². The third kappa shape index (κ3) is 4.97. The molecule has 0 amide bonds. The maximum atomic E-state index is 12.9. The number of hydrogen-bond donors (Lipinski definition) is 0. The topological polar surface area (TPSA) is 32.3 Å². The summed E-state index contributed by atoms with van der Waals surface area (Å²) in [5, 5.41) is 1.54. The van der Waals surface area contributed by atoms with E-state index in [1.165, 1.54) is 6.33 Å². The molecule has 4 heterocycles. The molecule has 0 aliphatic carbocycles. The summed E-state index contributed by atoms with van der Waals surface area (Å²) in [6.45, 7) is 4.55. The van der Waals surface area contributed by atoms with E-state index in [1.807, 2.05) is 12.3 Å². The Bertz CT molecular complexity index is 1170. The van der Waals surface area contributed by atoms with E-state index in [9.17, 15) is 13.2 Å². The van der Waals surface area contributed by atoms with Crippen LogP contribution in [0.3, 0.4) is 0 Å². The second kappa shape index (κ2) is 8.91. The fourth-order valence-corrected chi connectivity index (χ4v) is 6.83. The summed E-state index contributed by atoms with van der Waals surface area (Å²) < 4.78 is 38.6. The Morgan fingerprint density at radius 3 is 2.73 bits per heavy atom. The molecule has 0 radical (unpaired) electrons. The van der Waals surface area contributed by atoms with Gasteiger partial charge in [-0.05, 0) is 49.4 Å². The first-order valence-corrected chi connectivity index (χ1v) is 13.3. The highest BCUT2D eigenvalue weighted by Crippen LogP contribution is 2.43. The van der Waals surface area contributed by atoms with Crippen LogP contribution in [-0.2, 0) is 13.0 Å². The molecule has 4 nitrogen and oxygen atoms in total.